The van der Waals surface area contributed by atoms with Crippen LogP contribution in [0.1, 0.15) is 44.5 Å². The Balaban J connectivity index is 0.901. The van der Waals surface area contributed by atoms with Crippen molar-refractivity contribution in [2.24, 2.45) is 0 Å². The molecule has 0 N–H and O–H groups in total. The predicted octanol–water partition coefficient (Wildman–Crippen LogP) is 20.9. The normalized spacial score (nSPS) is 14.4. The van der Waals surface area contributed by atoms with Crippen molar-refractivity contribution in [3.05, 3.63) is 384 Å². The van der Waals surface area contributed by atoms with Crippen LogP contribution in [0.4, 0.5) is 34.1 Å². The van der Waals surface area contributed by atoms with E-state index in [0.717, 1.165) is 34.1 Å². The maximum atomic E-state index is 2.72. The molecule has 442 valence electrons. The zero-order valence-corrected chi connectivity index (χ0v) is 52.3. The molecule has 0 fully saturated rings. The van der Waals surface area contributed by atoms with Gasteiger partial charge in [-0.05, 0) is 188 Å². The smallest absolute Gasteiger partial charge is 0.252 e. The number of aromatic nitrogens is 1. The first-order valence-electron chi connectivity index (χ1n) is 33.7. The number of hydrogen-bond donors (Lipinski definition) is 0. The highest BCUT2D eigenvalue weighted by molar-refractivity contribution is 7.00. The van der Waals surface area contributed by atoms with Crippen LogP contribution in [0.5, 0.6) is 0 Å². The standard InChI is InChI=1S/C92H56BN3/c1-3-23-57(24-4-1)59-43-46-61(47-44-59)94-86-50-45-60(58-25-5-2-6-26-58)51-82(86)93-83-55-73-69-32-12-20-40-79(69)92(76-37-17-9-29-66(76)67-30-10-18-38-77(67)92)81(73)56-87(83)95(89-54-63(53-88(94)90(89)93)96-84-41-21-13-33-71(84)72-34-14-22-42-85(72)96)62-48-49-70-68-31-11-19-39-78(68)91(80(70)52-62)74-35-15-7-27-64(74)65-28-8-16-36-75(65)91/h1-56H. The second-order valence-corrected chi connectivity index (χ2v) is 26.9. The zero-order valence-electron chi connectivity index (χ0n) is 52.3. The molecule has 0 bridgehead atoms. The van der Waals surface area contributed by atoms with Crippen LogP contribution in [0.25, 0.3) is 94.3 Å². The van der Waals surface area contributed by atoms with Gasteiger partial charge in [0.2, 0.25) is 0 Å². The lowest BCUT2D eigenvalue weighted by molar-refractivity contribution is 0.792. The third-order valence-corrected chi connectivity index (χ3v) is 22.6. The van der Waals surface area contributed by atoms with Gasteiger partial charge in [0.1, 0.15) is 0 Å². The van der Waals surface area contributed by atoms with Crippen LogP contribution in [0.3, 0.4) is 0 Å². The number of hydrogen-bond acceptors (Lipinski definition) is 2. The maximum absolute atomic E-state index is 2.72. The van der Waals surface area contributed by atoms with Gasteiger partial charge in [0.05, 0.1) is 27.6 Å². The second-order valence-electron chi connectivity index (χ2n) is 26.9. The van der Waals surface area contributed by atoms with E-state index in [-0.39, 0.29) is 6.71 Å². The summed E-state index contributed by atoms with van der Waals surface area (Å²) in [5.74, 6) is 0. The summed E-state index contributed by atoms with van der Waals surface area (Å²) in [6.45, 7) is -0.206. The van der Waals surface area contributed by atoms with Crippen molar-refractivity contribution in [3.8, 4) is 72.4 Å². The summed E-state index contributed by atoms with van der Waals surface area (Å²) in [5, 5.41) is 2.45. The van der Waals surface area contributed by atoms with E-state index < -0.39 is 10.8 Å². The van der Waals surface area contributed by atoms with Crippen LogP contribution in [-0.4, -0.2) is 11.3 Å². The molecule has 2 spiro atoms. The summed E-state index contributed by atoms with van der Waals surface area (Å²) < 4.78 is 2.54. The molecule has 0 radical (unpaired) electrons. The Morgan fingerprint density at radius 1 is 0.219 bits per heavy atom. The van der Waals surface area contributed by atoms with Crippen molar-refractivity contribution in [2.75, 3.05) is 9.80 Å². The number of rotatable bonds is 5. The van der Waals surface area contributed by atoms with Gasteiger partial charge in [0.25, 0.3) is 6.71 Å². The van der Waals surface area contributed by atoms with Crippen LogP contribution in [0, 0.1) is 0 Å². The topological polar surface area (TPSA) is 11.4 Å². The summed E-state index contributed by atoms with van der Waals surface area (Å²) in [6.07, 6.45) is 0. The van der Waals surface area contributed by atoms with Crippen LogP contribution in [-0.2, 0) is 10.8 Å². The molecule has 4 heteroatoms. The first kappa shape index (κ1) is 52.3. The van der Waals surface area contributed by atoms with E-state index >= 15 is 0 Å². The third-order valence-electron chi connectivity index (χ3n) is 22.6. The van der Waals surface area contributed by atoms with E-state index in [9.17, 15) is 0 Å². The highest BCUT2D eigenvalue weighted by Crippen LogP contribution is 2.66. The van der Waals surface area contributed by atoms with Crippen molar-refractivity contribution in [1.82, 2.24) is 4.57 Å². The van der Waals surface area contributed by atoms with E-state index in [1.807, 2.05) is 0 Å². The first-order valence-corrected chi connectivity index (χ1v) is 33.7. The van der Waals surface area contributed by atoms with Gasteiger partial charge in [0, 0.05) is 44.9 Å². The number of nitrogens with zero attached hydrogens (tertiary/aromatic N) is 3. The number of para-hydroxylation sites is 2. The first-order chi connectivity index (χ1) is 47.6. The van der Waals surface area contributed by atoms with E-state index in [1.54, 1.807) is 0 Å². The van der Waals surface area contributed by atoms with Gasteiger partial charge in [-0.15, -0.1) is 0 Å². The van der Waals surface area contributed by atoms with Crippen molar-refractivity contribution in [1.29, 1.82) is 0 Å². The Kier molecular flexibility index (Phi) is 10.5. The minimum atomic E-state index is -0.593. The maximum Gasteiger partial charge on any atom is 0.252 e. The molecule has 22 rings (SSSR count). The molecule has 0 atom stereocenters. The lowest BCUT2D eigenvalue weighted by Gasteiger charge is -2.45. The van der Waals surface area contributed by atoms with Gasteiger partial charge >= 0.3 is 0 Å². The van der Waals surface area contributed by atoms with Gasteiger partial charge in [-0.3, -0.25) is 0 Å². The minimum absolute atomic E-state index is 0.206. The SMILES string of the molecule is c1ccc(-c2ccc(N3c4ccc(-c5ccccc5)cc4B4c5cc6c(cc5N(c5ccc7c(c5)C5(c8ccccc8-c8ccccc85)c5ccccc5-7)c5cc(-n7c8ccccc8c8ccccc87)cc3c54)C3(c4ccccc4-c4ccccc43)c3ccccc3-6)cc2)cc1. The summed E-state index contributed by atoms with van der Waals surface area (Å²) >= 11 is 0. The lowest BCUT2D eigenvalue weighted by atomic mass is 9.33. The molecular formula is C92H56BN3. The number of anilines is 6. The number of fused-ring (bicyclic) bond motifs is 27. The summed E-state index contributed by atoms with van der Waals surface area (Å²) in [7, 11) is 0. The average molecular weight is 1210 g/mol. The molecule has 16 aromatic rings. The Labute approximate surface area is 557 Å². The van der Waals surface area contributed by atoms with Crippen molar-refractivity contribution < 1.29 is 0 Å². The van der Waals surface area contributed by atoms with E-state index in [2.05, 4.69) is 354 Å². The quantitative estimate of drug-likeness (QED) is 0.159. The van der Waals surface area contributed by atoms with Gasteiger partial charge in [-0.1, -0.05) is 279 Å². The zero-order chi connectivity index (χ0) is 62.5. The molecule has 6 aliphatic rings. The Hall–Kier alpha value is -12.2. The molecule has 2 aliphatic heterocycles. The monoisotopic (exact) mass is 1210 g/mol. The van der Waals surface area contributed by atoms with Gasteiger partial charge < -0.3 is 14.4 Å². The lowest BCUT2D eigenvalue weighted by Crippen LogP contribution is -2.61. The van der Waals surface area contributed by atoms with E-state index in [1.165, 1.54) is 155 Å². The highest BCUT2D eigenvalue weighted by atomic mass is 15.2. The Morgan fingerprint density at radius 3 is 1.10 bits per heavy atom. The average Bonchev–Trinajstić information content (AvgIpc) is 1.45. The minimum Gasteiger partial charge on any atom is -0.311 e. The van der Waals surface area contributed by atoms with Gasteiger partial charge in [0.15, 0.2) is 0 Å². The molecule has 3 nitrogen and oxygen atoms in total. The Bertz CT molecular complexity index is 5900. The van der Waals surface area contributed by atoms with Crippen molar-refractivity contribution >= 4 is 79.0 Å². The fraction of sp³-hybridized carbons (Fsp3) is 0.0217. The number of benzene rings is 15. The summed E-state index contributed by atoms with van der Waals surface area (Å²) in [6, 6.07) is 130. The molecule has 15 aromatic carbocycles. The summed E-state index contributed by atoms with van der Waals surface area (Å²) in [5.41, 5.74) is 38.6. The van der Waals surface area contributed by atoms with Crippen LogP contribution < -0.4 is 26.2 Å². The van der Waals surface area contributed by atoms with Crippen LogP contribution in [0.15, 0.2) is 340 Å². The van der Waals surface area contributed by atoms with Crippen molar-refractivity contribution in [2.45, 2.75) is 10.8 Å². The Morgan fingerprint density at radius 2 is 0.594 bits per heavy atom. The second kappa shape index (κ2) is 19.2. The van der Waals surface area contributed by atoms with Crippen LogP contribution in [0.2, 0.25) is 0 Å². The molecule has 1 aromatic heterocycles. The molecule has 3 heterocycles. The molecule has 4 aliphatic carbocycles. The molecule has 96 heavy (non-hydrogen) atoms. The van der Waals surface area contributed by atoms with Gasteiger partial charge in [-0.25, -0.2) is 0 Å². The molecular weight excluding hydrogens is 1160 g/mol. The predicted molar refractivity (Wildman–Crippen MR) is 398 cm³/mol. The molecule has 0 saturated heterocycles. The van der Waals surface area contributed by atoms with Crippen LogP contribution >= 0.6 is 0 Å². The highest BCUT2D eigenvalue weighted by Gasteiger charge is 2.55. The molecule has 0 unspecified atom stereocenters. The fourth-order valence-corrected chi connectivity index (χ4v) is 18.9. The third kappa shape index (κ3) is 6.62. The van der Waals surface area contributed by atoms with Gasteiger partial charge in [-0.2, -0.15) is 0 Å². The molecule has 0 saturated carbocycles. The molecule has 0 amide bonds. The largest absolute Gasteiger partial charge is 0.311 e. The van der Waals surface area contributed by atoms with E-state index in [0.29, 0.717) is 0 Å². The summed E-state index contributed by atoms with van der Waals surface area (Å²) in [4.78, 5) is 5.32. The van der Waals surface area contributed by atoms with Crippen molar-refractivity contribution in [3.63, 3.8) is 0 Å². The fourth-order valence-electron chi connectivity index (χ4n) is 18.9. The van der Waals surface area contributed by atoms with E-state index in [4.69, 9.17) is 0 Å².